The first-order chi connectivity index (χ1) is 16.5. The lowest BCUT2D eigenvalue weighted by Gasteiger charge is -2.18. The summed E-state index contributed by atoms with van der Waals surface area (Å²) in [6.45, 7) is 2.23. The molecular formula is C26H36N4O4. The van der Waals surface area contributed by atoms with Crippen LogP contribution in [0.1, 0.15) is 101 Å². The quantitative estimate of drug-likeness (QED) is 0.329. The summed E-state index contributed by atoms with van der Waals surface area (Å²) in [5.41, 5.74) is 2.75. The second kappa shape index (κ2) is 13.0. The molecule has 4 amide bonds. The lowest BCUT2D eigenvalue weighted by atomic mass is 9.98. The highest BCUT2D eigenvalue weighted by atomic mass is 16.2. The van der Waals surface area contributed by atoms with Gasteiger partial charge < -0.3 is 5.32 Å². The van der Waals surface area contributed by atoms with Gasteiger partial charge in [-0.2, -0.15) is 5.10 Å². The van der Waals surface area contributed by atoms with Crippen LogP contribution in [0.25, 0.3) is 0 Å². The van der Waals surface area contributed by atoms with Crippen LogP contribution in [0.5, 0.6) is 0 Å². The molecule has 2 heterocycles. The number of anilines is 1. The van der Waals surface area contributed by atoms with Crippen LogP contribution in [0.15, 0.2) is 29.4 Å². The van der Waals surface area contributed by atoms with Gasteiger partial charge in [0.1, 0.15) is 5.84 Å². The smallest absolute Gasteiger partial charge is 0.258 e. The molecule has 1 saturated heterocycles. The van der Waals surface area contributed by atoms with Crippen molar-refractivity contribution in [1.29, 1.82) is 0 Å². The number of nitrogens with zero attached hydrogens (tertiary/aromatic N) is 2. The third-order valence-corrected chi connectivity index (χ3v) is 6.44. The number of amidine groups is 1. The average molecular weight is 469 g/mol. The number of para-hydroxylation sites is 1. The van der Waals surface area contributed by atoms with Crippen LogP contribution in [0.2, 0.25) is 0 Å². The minimum atomic E-state index is -0.510. The highest BCUT2D eigenvalue weighted by Gasteiger charge is 2.40. The van der Waals surface area contributed by atoms with Crippen molar-refractivity contribution in [3.63, 3.8) is 0 Å². The van der Waals surface area contributed by atoms with Crippen LogP contribution < -0.4 is 15.6 Å². The molecule has 2 aliphatic heterocycles. The number of benzene rings is 1. The number of carbonyl (C=O) groups is 4. The van der Waals surface area contributed by atoms with Crippen LogP contribution >= 0.6 is 0 Å². The SMILES string of the molecule is CCCCCCCCCCCCC1CC(=O)N(c2ccccc2C(=O)NC2=NNC(=O)C2)C1=O. The van der Waals surface area contributed by atoms with E-state index in [1.54, 1.807) is 24.3 Å². The Morgan fingerprint density at radius 2 is 1.65 bits per heavy atom. The summed E-state index contributed by atoms with van der Waals surface area (Å²) in [6, 6.07) is 6.53. The lowest BCUT2D eigenvalue weighted by Crippen LogP contribution is -2.35. The Hall–Kier alpha value is -3.03. The van der Waals surface area contributed by atoms with Crippen molar-refractivity contribution < 1.29 is 19.2 Å². The molecule has 0 saturated carbocycles. The molecule has 0 radical (unpaired) electrons. The third kappa shape index (κ3) is 6.98. The second-order valence-electron chi connectivity index (χ2n) is 9.18. The fourth-order valence-corrected chi connectivity index (χ4v) is 4.54. The summed E-state index contributed by atoms with van der Waals surface area (Å²) < 4.78 is 0. The van der Waals surface area contributed by atoms with E-state index < -0.39 is 5.91 Å². The van der Waals surface area contributed by atoms with Gasteiger partial charge in [-0.15, -0.1) is 0 Å². The zero-order chi connectivity index (χ0) is 24.3. The summed E-state index contributed by atoms with van der Waals surface area (Å²) in [7, 11) is 0. The molecule has 2 N–H and O–H groups in total. The average Bonchev–Trinajstić information content (AvgIpc) is 3.36. The largest absolute Gasteiger partial charge is 0.308 e. The third-order valence-electron chi connectivity index (χ3n) is 6.44. The van der Waals surface area contributed by atoms with Crippen molar-refractivity contribution in [2.24, 2.45) is 11.0 Å². The highest BCUT2D eigenvalue weighted by molar-refractivity contribution is 6.24. The van der Waals surface area contributed by atoms with Crippen molar-refractivity contribution in [1.82, 2.24) is 10.7 Å². The number of rotatable bonds is 13. The molecule has 0 aromatic heterocycles. The summed E-state index contributed by atoms with van der Waals surface area (Å²) in [5, 5.41) is 6.35. The van der Waals surface area contributed by atoms with E-state index in [4.69, 9.17) is 0 Å². The van der Waals surface area contributed by atoms with Crippen molar-refractivity contribution in [2.45, 2.75) is 90.4 Å². The molecule has 1 aromatic rings. The van der Waals surface area contributed by atoms with Crippen molar-refractivity contribution in [2.75, 3.05) is 4.90 Å². The van der Waals surface area contributed by atoms with E-state index in [0.29, 0.717) is 6.42 Å². The topological polar surface area (TPSA) is 108 Å². The van der Waals surface area contributed by atoms with Crippen LogP contribution in [0.3, 0.4) is 0 Å². The van der Waals surface area contributed by atoms with Crippen molar-refractivity contribution in [3.8, 4) is 0 Å². The fourth-order valence-electron chi connectivity index (χ4n) is 4.54. The zero-order valence-electron chi connectivity index (χ0n) is 20.1. The van der Waals surface area contributed by atoms with Gasteiger partial charge in [-0.1, -0.05) is 83.3 Å². The Labute approximate surface area is 201 Å². The first kappa shape index (κ1) is 25.6. The number of hydrazone groups is 1. The number of nitrogens with one attached hydrogen (secondary N) is 2. The van der Waals surface area contributed by atoms with Gasteiger partial charge in [0, 0.05) is 12.3 Å². The number of amides is 4. The summed E-state index contributed by atoms with van der Waals surface area (Å²) in [4.78, 5) is 51.0. The predicted molar refractivity (Wildman–Crippen MR) is 131 cm³/mol. The summed E-state index contributed by atoms with van der Waals surface area (Å²) >= 11 is 0. The van der Waals surface area contributed by atoms with Crippen LogP contribution in [-0.2, 0) is 14.4 Å². The van der Waals surface area contributed by atoms with Crippen molar-refractivity contribution >= 4 is 35.2 Å². The van der Waals surface area contributed by atoms with E-state index in [-0.39, 0.29) is 53.6 Å². The Kier molecular flexibility index (Phi) is 9.79. The molecule has 184 valence electrons. The number of hydrogen-bond donors (Lipinski definition) is 2. The molecule has 0 aliphatic carbocycles. The van der Waals surface area contributed by atoms with Gasteiger partial charge in [-0.25, -0.2) is 10.3 Å². The molecule has 0 bridgehead atoms. The van der Waals surface area contributed by atoms with Gasteiger partial charge in [0.25, 0.3) is 5.91 Å². The van der Waals surface area contributed by atoms with Gasteiger partial charge in [-0.3, -0.25) is 19.2 Å². The Morgan fingerprint density at radius 1 is 1.00 bits per heavy atom. The predicted octanol–water partition coefficient (Wildman–Crippen LogP) is 4.44. The van der Waals surface area contributed by atoms with E-state index in [0.717, 1.165) is 24.2 Å². The minimum absolute atomic E-state index is 0.0174. The van der Waals surface area contributed by atoms with Gasteiger partial charge in [-0.05, 0) is 18.6 Å². The molecule has 2 aliphatic rings. The maximum Gasteiger partial charge on any atom is 0.258 e. The number of imide groups is 1. The fraction of sp³-hybridized carbons (Fsp3) is 0.577. The first-order valence-electron chi connectivity index (χ1n) is 12.6. The van der Waals surface area contributed by atoms with Gasteiger partial charge in [0.05, 0.1) is 17.7 Å². The molecule has 1 aromatic carbocycles. The Bertz CT molecular complexity index is 927. The molecule has 1 fully saturated rings. The minimum Gasteiger partial charge on any atom is -0.308 e. The zero-order valence-corrected chi connectivity index (χ0v) is 20.1. The maximum absolute atomic E-state index is 13.1. The Balaban J connectivity index is 1.48. The summed E-state index contributed by atoms with van der Waals surface area (Å²) in [6.07, 6.45) is 13.1. The molecular weight excluding hydrogens is 432 g/mol. The monoisotopic (exact) mass is 468 g/mol. The molecule has 8 heteroatoms. The molecule has 8 nitrogen and oxygen atoms in total. The lowest BCUT2D eigenvalue weighted by molar-refractivity contribution is -0.122. The molecule has 3 rings (SSSR count). The van der Waals surface area contributed by atoms with E-state index in [1.807, 2.05) is 0 Å². The van der Waals surface area contributed by atoms with Crippen LogP contribution in [0, 0.1) is 5.92 Å². The van der Waals surface area contributed by atoms with Crippen LogP contribution in [0.4, 0.5) is 5.69 Å². The van der Waals surface area contributed by atoms with Gasteiger partial charge >= 0.3 is 0 Å². The maximum atomic E-state index is 13.1. The molecule has 0 spiro atoms. The molecule has 1 atom stereocenters. The van der Waals surface area contributed by atoms with E-state index in [2.05, 4.69) is 22.8 Å². The van der Waals surface area contributed by atoms with Crippen molar-refractivity contribution in [3.05, 3.63) is 29.8 Å². The van der Waals surface area contributed by atoms with E-state index >= 15 is 0 Å². The molecule has 1 unspecified atom stereocenters. The van der Waals surface area contributed by atoms with Gasteiger partial charge in [0.15, 0.2) is 0 Å². The molecule has 34 heavy (non-hydrogen) atoms. The first-order valence-corrected chi connectivity index (χ1v) is 12.6. The summed E-state index contributed by atoms with van der Waals surface area (Å²) in [5.74, 6) is -1.46. The van der Waals surface area contributed by atoms with Crippen LogP contribution in [-0.4, -0.2) is 29.5 Å². The van der Waals surface area contributed by atoms with Gasteiger partial charge in [0.2, 0.25) is 17.7 Å². The Morgan fingerprint density at radius 3 is 2.29 bits per heavy atom. The number of carbonyl (C=O) groups excluding carboxylic acids is 4. The van der Waals surface area contributed by atoms with E-state index in [1.165, 1.54) is 44.9 Å². The van der Waals surface area contributed by atoms with E-state index in [9.17, 15) is 19.2 Å². The number of unbranched alkanes of at least 4 members (excludes halogenated alkanes) is 9. The highest BCUT2D eigenvalue weighted by Crippen LogP contribution is 2.32. The normalized spacial score (nSPS) is 17.8. The second-order valence-corrected chi connectivity index (χ2v) is 9.18. The number of hydrogen-bond acceptors (Lipinski definition) is 5. The standard InChI is InChI=1S/C26H36N4O4/c1-2-3-4-5-6-7-8-9-10-11-14-19-17-24(32)30(26(19)34)21-16-13-12-15-20(21)25(33)27-22-18-23(31)29-28-22/h12-13,15-16,19H,2-11,14,17-18H2,1H3,(H,29,31)(H,27,28,33).